The first-order chi connectivity index (χ1) is 8.12. The van der Waals surface area contributed by atoms with E-state index < -0.39 is 26.4 Å². The van der Waals surface area contributed by atoms with Crippen molar-refractivity contribution in [2.75, 3.05) is 12.3 Å². The lowest BCUT2D eigenvalue weighted by atomic mass is 10.1. The lowest BCUT2D eigenvalue weighted by Gasteiger charge is -2.20. The monoisotopic (exact) mass is 277 g/mol. The Hall–Kier alpha value is -1.01. The normalized spacial score (nSPS) is 12.7. The molecule has 0 aliphatic heterocycles. The van der Waals surface area contributed by atoms with Gasteiger partial charge in [-0.1, -0.05) is 0 Å². The fraction of sp³-hybridized carbons (Fsp3) is 0.500. The summed E-state index contributed by atoms with van der Waals surface area (Å²) in [5.74, 6) is -1.96. The number of hydrogen-bond acceptors (Lipinski definition) is 3. The molecule has 0 radical (unpaired) electrons. The molecule has 3 nitrogen and oxygen atoms in total. The number of benzene rings is 1. The lowest BCUT2D eigenvalue weighted by molar-refractivity contribution is 0.438. The van der Waals surface area contributed by atoms with E-state index in [4.69, 9.17) is 0 Å². The number of rotatable bonds is 4. The first kappa shape index (κ1) is 15.0. The average Bonchev–Trinajstić information content (AvgIpc) is 2.19. The third-order valence-corrected chi connectivity index (χ3v) is 3.98. The van der Waals surface area contributed by atoms with Gasteiger partial charge in [0.2, 0.25) is 0 Å². The average molecular weight is 277 g/mol. The zero-order valence-corrected chi connectivity index (χ0v) is 11.4. The molecule has 0 unspecified atom stereocenters. The molecule has 0 amide bonds. The molecule has 0 spiro atoms. The Morgan fingerprint density at radius 1 is 1.22 bits per heavy atom. The maximum atomic E-state index is 13.4. The summed E-state index contributed by atoms with van der Waals surface area (Å²) in [6.07, 6.45) is 0. The van der Waals surface area contributed by atoms with E-state index >= 15 is 0 Å². The molecule has 0 aromatic heterocycles. The molecule has 1 rings (SSSR count). The van der Waals surface area contributed by atoms with Crippen molar-refractivity contribution in [3.05, 3.63) is 29.8 Å². The van der Waals surface area contributed by atoms with Gasteiger partial charge in [0, 0.05) is 12.1 Å². The maximum Gasteiger partial charge on any atom is 0.182 e. The highest BCUT2D eigenvalue weighted by Crippen LogP contribution is 2.17. The molecular weight excluding hydrogens is 260 g/mol. The maximum absolute atomic E-state index is 13.4. The molecule has 102 valence electrons. The molecule has 0 aliphatic carbocycles. The van der Waals surface area contributed by atoms with E-state index in [1.165, 1.54) is 0 Å². The molecule has 0 heterocycles. The molecule has 6 heteroatoms. The van der Waals surface area contributed by atoms with E-state index in [0.29, 0.717) is 6.07 Å². The van der Waals surface area contributed by atoms with Crippen LogP contribution in [0, 0.1) is 11.6 Å². The van der Waals surface area contributed by atoms with Crippen LogP contribution in [-0.2, 0) is 9.84 Å². The SMILES string of the molecule is CC(C)(C)NCCS(=O)(=O)c1cc(F)ccc1F. The van der Waals surface area contributed by atoms with Crippen LogP contribution in [0.3, 0.4) is 0 Å². The van der Waals surface area contributed by atoms with Crippen LogP contribution in [0.4, 0.5) is 8.78 Å². The summed E-state index contributed by atoms with van der Waals surface area (Å²) in [5.41, 5.74) is -0.226. The van der Waals surface area contributed by atoms with Crippen LogP contribution in [-0.4, -0.2) is 26.3 Å². The van der Waals surface area contributed by atoms with Crippen LogP contribution in [0.15, 0.2) is 23.1 Å². The first-order valence-corrected chi connectivity index (χ1v) is 7.20. The number of nitrogens with one attached hydrogen (secondary N) is 1. The molecule has 1 aromatic rings. The topological polar surface area (TPSA) is 46.2 Å². The Balaban J connectivity index is 2.84. The quantitative estimate of drug-likeness (QED) is 0.917. The minimum atomic E-state index is -3.81. The van der Waals surface area contributed by atoms with Crippen molar-refractivity contribution in [2.45, 2.75) is 31.2 Å². The second-order valence-corrected chi connectivity index (χ2v) is 7.15. The van der Waals surface area contributed by atoms with E-state index in [0.717, 1.165) is 12.1 Å². The minimum Gasteiger partial charge on any atom is -0.311 e. The van der Waals surface area contributed by atoms with E-state index in [9.17, 15) is 17.2 Å². The number of hydrogen-bond donors (Lipinski definition) is 1. The summed E-state index contributed by atoms with van der Waals surface area (Å²) in [5, 5.41) is 2.99. The van der Waals surface area contributed by atoms with Gasteiger partial charge in [-0.15, -0.1) is 0 Å². The number of halogens is 2. The second kappa shape index (κ2) is 5.32. The van der Waals surface area contributed by atoms with Crippen LogP contribution in [0.1, 0.15) is 20.8 Å². The van der Waals surface area contributed by atoms with Gasteiger partial charge in [0.05, 0.1) is 5.75 Å². The number of sulfone groups is 1. The molecule has 0 bridgehead atoms. The molecule has 0 saturated heterocycles. The predicted octanol–water partition coefficient (Wildman–Crippen LogP) is 2.13. The van der Waals surface area contributed by atoms with E-state index in [-0.39, 0.29) is 17.8 Å². The Morgan fingerprint density at radius 3 is 2.39 bits per heavy atom. The Kier molecular flexibility index (Phi) is 4.45. The lowest BCUT2D eigenvalue weighted by Crippen LogP contribution is -2.38. The smallest absolute Gasteiger partial charge is 0.182 e. The predicted molar refractivity (Wildman–Crippen MR) is 66.2 cm³/mol. The standard InChI is InChI=1S/C12H17F2NO2S/c1-12(2,3)15-6-7-18(16,17)11-8-9(13)4-5-10(11)14/h4-5,8,15H,6-7H2,1-3H3. The first-order valence-electron chi connectivity index (χ1n) is 5.55. The Bertz CT molecular complexity index is 521. The fourth-order valence-electron chi connectivity index (χ4n) is 1.39. The van der Waals surface area contributed by atoms with Crippen molar-refractivity contribution in [1.82, 2.24) is 5.32 Å². The third kappa shape index (κ3) is 4.34. The van der Waals surface area contributed by atoms with Crippen molar-refractivity contribution in [3.63, 3.8) is 0 Å². The highest BCUT2D eigenvalue weighted by atomic mass is 32.2. The molecule has 0 fully saturated rings. The van der Waals surface area contributed by atoms with Gasteiger partial charge in [-0.2, -0.15) is 0 Å². The van der Waals surface area contributed by atoms with Crippen LogP contribution in [0.25, 0.3) is 0 Å². The molecule has 0 aliphatic rings. The van der Waals surface area contributed by atoms with Crippen molar-refractivity contribution in [3.8, 4) is 0 Å². The zero-order valence-electron chi connectivity index (χ0n) is 10.6. The third-order valence-electron chi connectivity index (χ3n) is 2.25. The van der Waals surface area contributed by atoms with Crippen LogP contribution >= 0.6 is 0 Å². The van der Waals surface area contributed by atoms with Gasteiger partial charge >= 0.3 is 0 Å². The van der Waals surface area contributed by atoms with Crippen LogP contribution in [0.5, 0.6) is 0 Å². The summed E-state index contributed by atoms with van der Waals surface area (Å²) >= 11 is 0. The molecule has 1 N–H and O–H groups in total. The summed E-state index contributed by atoms with van der Waals surface area (Å²) in [7, 11) is -3.81. The summed E-state index contributed by atoms with van der Waals surface area (Å²) in [4.78, 5) is -0.585. The van der Waals surface area contributed by atoms with Gasteiger partial charge < -0.3 is 5.32 Å². The molecular formula is C12H17F2NO2S. The van der Waals surface area contributed by atoms with Gasteiger partial charge in [-0.3, -0.25) is 0 Å². The van der Waals surface area contributed by atoms with E-state index in [1.807, 2.05) is 20.8 Å². The van der Waals surface area contributed by atoms with Gasteiger partial charge in [-0.05, 0) is 39.0 Å². The highest BCUT2D eigenvalue weighted by Gasteiger charge is 2.20. The second-order valence-electron chi connectivity index (χ2n) is 5.07. The summed E-state index contributed by atoms with van der Waals surface area (Å²) in [6.45, 7) is 5.86. The molecule has 1 aromatic carbocycles. The fourth-order valence-corrected chi connectivity index (χ4v) is 2.63. The van der Waals surface area contributed by atoms with Crippen molar-refractivity contribution >= 4 is 9.84 Å². The van der Waals surface area contributed by atoms with Crippen LogP contribution < -0.4 is 5.32 Å². The Labute approximate surface area is 106 Å². The van der Waals surface area contributed by atoms with Crippen molar-refractivity contribution in [2.24, 2.45) is 0 Å². The highest BCUT2D eigenvalue weighted by molar-refractivity contribution is 7.91. The zero-order chi connectivity index (χ0) is 14.0. The van der Waals surface area contributed by atoms with Crippen molar-refractivity contribution < 1.29 is 17.2 Å². The molecule has 0 saturated carbocycles. The summed E-state index contributed by atoms with van der Waals surface area (Å²) in [6, 6.07) is 2.42. The van der Waals surface area contributed by atoms with Gasteiger partial charge in [-0.25, -0.2) is 17.2 Å². The van der Waals surface area contributed by atoms with Crippen LogP contribution in [0.2, 0.25) is 0 Å². The molecule has 0 atom stereocenters. The van der Waals surface area contributed by atoms with Crippen molar-refractivity contribution in [1.29, 1.82) is 0 Å². The largest absolute Gasteiger partial charge is 0.311 e. The summed E-state index contributed by atoms with van der Waals surface area (Å²) < 4.78 is 50.0. The van der Waals surface area contributed by atoms with Gasteiger partial charge in [0.15, 0.2) is 9.84 Å². The van der Waals surface area contributed by atoms with E-state index in [1.54, 1.807) is 0 Å². The van der Waals surface area contributed by atoms with Gasteiger partial charge in [0.1, 0.15) is 16.5 Å². The van der Waals surface area contributed by atoms with Gasteiger partial charge in [0.25, 0.3) is 0 Å². The molecule has 18 heavy (non-hydrogen) atoms. The Morgan fingerprint density at radius 2 is 1.83 bits per heavy atom. The minimum absolute atomic E-state index is 0.182. The van der Waals surface area contributed by atoms with E-state index in [2.05, 4.69) is 5.32 Å².